The Hall–Kier alpha value is -4.42. The zero-order valence-electron chi connectivity index (χ0n) is 28.5. The second-order valence-electron chi connectivity index (χ2n) is 11.9. The molecule has 0 aliphatic carbocycles. The molecule has 2 atom stereocenters. The summed E-state index contributed by atoms with van der Waals surface area (Å²) in [5.74, 6) is 2.67. The molecule has 7 rings (SSSR count). The molecule has 0 spiro atoms. The van der Waals surface area contributed by atoms with E-state index in [4.69, 9.17) is 18.9 Å². The van der Waals surface area contributed by atoms with Crippen LogP contribution < -0.4 is 25.4 Å². The molecule has 5 aromatic rings. The van der Waals surface area contributed by atoms with Gasteiger partial charge in [0.05, 0.1) is 31.4 Å². The summed E-state index contributed by atoms with van der Waals surface area (Å²) in [6, 6.07) is 32.5. The standard InChI is InChI=1S/C39H40N4O5S2/c1-5-42(6-2)29-16-21-33-32(22-29)40-37-34(50-33)23-43(38(44)41-37)35-25-49-36(48-35)24-47-39(26-10-8-7-9-11-26,27-12-17-30(45-3)18-13-27)28-14-19-31(46-4)20-15-28/h7-23,35-36H,5-6,24-25H2,1-4H3,(H,40,41,44). The van der Waals surface area contributed by atoms with Gasteiger partial charge in [-0.25, -0.2) is 4.79 Å². The number of hydrogen-bond acceptors (Lipinski definition) is 10. The van der Waals surface area contributed by atoms with Crippen LogP contribution in [-0.2, 0) is 15.1 Å². The molecule has 0 radical (unpaired) electrons. The number of thioether (sulfide) groups is 1. The first kappa shape index (κ1) is 34.0. The summed E-state index contributed by atoms with van der Waals surface area (Å²) in [5.41, 5.74) is 3.30. The molecule has 2 aliphatic rings. The van der Waals surface area contributed by atoms with Gasteiger partial charge in [0, 0.05) is 35.6 Å². The Kier molecular flexibility index (Phi) is 10.1. The van der Waals surface area contributed by atoms with Crippen molar-refractivity contribution in [2.75, 3.05) is 49.9 Å². The lowest BCUT2D eigenvalue weighted by atomic mass is 9.80. The third kappa shape index (κ3) is 6.58. The molecule has 3 heterocycles. The molecule has 1 fully saturated rings. The van der Waals surface area contributed by atoms with E-state index in [0.29, 0.717) is 11.6 Å². The van der Waals surface area contributed by atoms with Crippen LogP contribution in [0.2, 0.25) is 0 Å². The Balaban J connectivity index is 1.14. The molecule has 2 unspecified atom stereocenters. The SMILES string of the molecule is CCN(CC)c1ccc2c(c1)Nc1nc(=O)n(C3CSC(COC(c4ccccc4)(c4ccc(OC)cc4)c4ccc(OC)cc4)O3)cc1S2. The van der Waals surface area contributed by atoms with Gasteiger partial charge in [-0.05, 0) is 73.0 Å². The Morgan fingerprint density at radius 3 is 2.14 bits per heavy atom. The number of fused-ring (bicyclic) bond motifs is 2. The van der Waals surface area contributed by atoms with E-state index in [0.717, 1.165) is 62.4 Å². The average Bonchev–Trinajstić information content (AvgIpc) is 3.64. The summed E-state index contributed by atoms with van der Waals surface area (Å²) >= 11 is 3.23. The van der Waals surface area contributed by atoms with Crippen molar-refractivity contribution in [3.8, 4) is 11.5 Å². The minimum absolute atomic E-state index is 0.264. The number of aromatic nitrogens is 2. The van der Waals surface area contributed by atoms with E-state index in [-0.39, 0.29) is 17.7 Å². The molecule has 1 N–H and O–H groups in total. The summed E-state index contributed by atoms with van der Waals surface area (Å²) in [6.45, 7) is 6.39. The van der Waals surface area contributed by atoms with Gasteiger partial charge in [-0.2, -0.15) is 4.98 Å². The number of nitrogens with zero attached hydrogens (tertiary/aromatic N) is 3. The van der Waals surface area contributed by atoms with Gasteiger partial charge in [-0.3, -0.25) is 4.57 Å². The molecule has 4 aromatic carbocycles. The molecule has 1 saturated heterocycles. The number of nitrogens with one attached hydrogen (secondary N) is 1. The highest BCUT2D eigenvalue weighted by atomic mass is 32.2. The largest absolute Gasteiger partial charge is 0.497 e. The van der Waals surface area contributed by atoms with Crippen molar-refractivity contribution in [1.29, 1.82) is 0 Å². The van der Waals surface area contributed by atoms with E-state index in [9.17, 15) is 4.79 Å². The topological polar surface area (TPSA) is 87.1 Å². The molecule has 50 heavy (non-hydrogen) atoms. The van der Waals surface area contributed by atoms with Crippen LogP contribution in [0.15, 0.2) is 118 Å². The molecule has 258 valence electrons. The molecule has 9 nitrogen and oxygen atoms in total. The fourth-order valence-corrected chi connectivity index (χ4v) is 8.44. The second-order valence-corrected chi connectivity index (χ2v) is 14.2. The lowest BCUT2D eigenvalue weighted by molar-refractivity contribution is -0.0618. The summed E-state index contributed by atoms with van der Waals surface area (Å²) in [7, 11) is 3.32. The van der Waals surface area contributed by atoms with E-state index < -0.39 is 11.8 Å². The lowest BCUT2D eigenvalue weighted by Crippen LogP contribution is -2.35. The van der Waals surface area contributed by atoms with Gasteiger partial charge >= 0.3 is 5.69 Å². The molecule has 2 aliphatic heterocycles. The van der Waals surface area contributed by atoms with E-state index >= 15 is 0 Å². The molecule has 0 bridgehead atoms. The lowest BCUT2D eigenvalue weighted by Gasteiger charge is -2.36. The van der Waals surface area contributed by atoms with Gasteiger partial charge in [-0.15, -0.1) is 11.8 Å². The van der Waals surface area contributed by atoms with Gasteiger partial charge in [0.2, 0.25) is 0 Å². The van der Waals surface area contributed by atoms with E-state index in [2.05, 4.69) is 59.4 Å². The van der Waals surface area contributed by atoms with Crippen LogP contribution in [0.3, 0.4) is 0 Å². The molecule has 11 heteroatoms. The third-order valence-corrected chi connectivity index (χ3v) is 11.3. The van der Waals surface area contributed by atoms with Gasteiger partial charge in [-0.1, -0.05) is 66.4 Å². The Labute approximate surface area is 300 Å². The molecular weight excluding hydrogens is 669 g/mol. The highest BCUT2D eigenvalue weighted by Crippen LogP contribution is 2.46. The van der Waals surface area contributed by atoms with Crippen LogP contribution in [0.1, 0.15) is 36.8 Å². The molecule has 0 saturated carbocycles. The fraction of sp³-hybridized carbons (Fsp3) is 0.282. The average molecular weight is 709 g/mol. The smallest absolute Gasteiger partial charge is 0.351 e. The minimum atomic E-state index is -0.965. The zero-order chi connectivity index (χ0) is 34.7. The number of hydrogen-bond donors (Lipinski definition) is 1. The van der Waals surface area contributed by atoms with Crippen molar-refractivity contribution in [1.82, 2.24) is 9.55 Å². The number of benzene rings is 4. The minimum Gasteiger partial charge on any atom is -0.497 e. The third-order valence-electron chi connectivity index (χ3n) is 9.14. The van der Waals surface area contributed by atoms with Crippen molar-refractivity contribution < 1.29 is 18.9 Å². The van der Waals surface area contributed by atoms with Crippen LogP contribution in [-0.4, -0.2) is 54.7 Å². The van der Waals surface area contributed by atoms with E-state index in [1.165, 1.54) is 0 Å². The van der Waals surface area contributed by atoms with Crippen LogP contribution in [0, 0.1) is 0 Å². The van der Waals surface area contributed by atoms with Crippen LogP contribution in [0.25, 0.3) is 0 Å². The van der Waals surface area contributed by atoms with Crippen LogP contribution in [0.4, 0.5) is 17.2 Å². The predicted octanol–water partition coefficient (Wildman–Crippen LogP) is 7.91. The van der Waals surface area contributed by atoms with Crippen molar-refractivity contribution >= 4 is 40.7 Å². The van der Waals surface area contributed by atoms with Crippen molar-refractivity contribution in [2.45, 2.75) is 40.9 Å². The van der Waals surface area contributed by atoms with E-state index in [1.807, 2.05) is 72.9 Å². The molecule has 0 amide bonds. The first-order valence-corrected chi connectivity index (χ1v) is 18.5. The van der Waals surface area contributed by atoms with Gasteiger partial charge in [0.1, 0.15) is 28.8 Å². The zero-order valence-corrected chi connectivity index (χ0v) is 30.1. The van der Waals surface area contributed by atoms with Gasteiger partial charge in [0.15, 0.2) is 5.82 Å². The van der Waals surface area contributed by atoms with Gasteiger partial charge in [0.25, 0.3) is 0 Å². The molecular formula is C39H40N4O5S2. The van der Waals surface area contributed by atoms with Crippen LogP contribution in [0.5, 0.6) is 11.5 Å². The first-order chi connectivity index (χ1) is 24.4. The highest BCUT2D eigenvalue weighted by Gasteiger charge is 2.40. The van der Waals surface area contributed by atoms with Crippen molar-refractivity contribution in [3.63, 3.8) is 0 Å². The predicted molar refractivity (Wildman–Crippen MR) is 201 cm³/mol. The number of rotatable bonds is 12. The maximum absolute atomic E-state index is 13.4. The summed E-state index contributed by atoms with van der Waals surface area (Å²) in [4.78, 5) is 22.1. The fourth-order valence-electron chi connectivity index (χ4n) is 6.50. The monoisotopic (exact) mass is 708 g/mol. The Bertz CT molecular complexity index is 1940. The Morgan fingerprint density at radius 1 is 0.880 bits per heavy atom. The van der Waals surface area contributed by atoms with Crippen LogP contribution >= 0.6 is 23.5 Å². The van der Waals surface area contributed by atoms with Crippen molar-refractivity contribution in [3.05, 3.63) is 130 Å². The highest BCUT2D eigenvalue weighted by molar-refractivity contribution is 8.00. The quantitative estimate of drug-likeness (QED) is 0.127. The van der Waals surface area contributed by atoms with Crippen molar-refractivity contribution in [2.24, 2.45) is 0 Å². The van der Waals surface area contributed by atoms with E-state index in [1.54, 1.807) is 42.3 Å². The summed E-state index contributed by atoms with van der Waals surface area (Å²) in [6.07, 6.45) is 1.38. The Morgan fingerprint density at radius 2 is 1.52 bits per heavy atom. The first-order valence-electron chi connectivity index (χ1n) is 16.7. The summed E-state index contributed by atoms with van der Waals surface area (Å²) < 4.78 is 26.1. The number of methoxy groups -OCH3 is 2. The maximum Gasteiger partial charge on any atom is 0.351 e. The summed E-state index contributed by atoms with van der Waals surface area (Å²) in [5, 5.41) is 3.40. The normalized spacial score (nSPS) is 16.6. The maximum atomic E-state index is 13.4. The second kappa shape index (κ2) is 14.8. The number of anilines is 3. The number of ether oxygens (including phenoxy) is 4. The van der Waals surface area contributed by atoms with Gasteiger partial charge < -0.3 is 29.2 Å². The molecule has 1 aromatic heterocycles.